The van der Waals surface area contributed by atoms with Gasteiger partial charge in [0.1, 0.15) is 11.7 Å². The molecule has 158 valence electrons. The summed E-state index contributed by atoms with van der Waals surface area (Å²) in [4.78, 5) is 13.9. The van der Waals surface area contributed by atoms with Crippen molar-refractivity contribution in [3.63, 3.8) is 0 Å². The van der Waals surface area contributed by atoms with Gasteiger partial charge in [-0.2, -0.15) is 8.42 Å². The lowest BCUT2D eigenvalue weighted by molar-refractivity contribution is -0.0348. The number of ether oxygens (including phenoxy) is 3. The largest absolute Gasteiger partial charge is 0.444 e. The van der Waals surface area contributed by atoms with Crippen molar-refractivity contribution in [2.24, 2.45) is 0 Å². The van der Waals surface area contributed by atoms with Gasteiger partial charge in [-0.05, 0) is 26.3 Å². The Morgan fingerprint density at radius 2 is 1.89 bits per heavy atom. The Morgan fingerprint density at radius 3 is 2.50 bits per heavy atom. The Hall–Kier alpha value is -1.68. The topological polar surface area (TPSA) is 91.4 Å². The molecule has 1 heterocycles. The molecular formula is C19H29NO7S. The maximum atomic E-state index is 12.5. The van der Waals surface area contributed by atoms with Gasteiger partial charge in [0.2, 0.25) is 0 Å². The zero-order chi connectivity index (χ0) is 20.8. The van der Waals surface area contributed by atoms with E-state index in [0.717, 1.165) is 11.8 Å². The van der Waals surface area contributed by atoms with E-state index >= 15 is 0 Å². The maximum absolute atomic E-state index is 12.5. The average Bonchev–Trinajstić information content (AvgIpc) is 2.75. The number of nitrogens with zero attached hydrogens (tertiary/aromatic N) is 1. The van der Waals surface area contributed by atoms with Gasteiger partial charge in [0, 0.05) is 0 Å². The average molecular weight is 416 g/mol. The Labute approximate surface area is 166 Å². The third kappa shape index (κ3) is 8.55. The Kier molecular flexibility index (Phi) is 7.82. The first-order valence-corrected chi connectivity index (χ1v) is 10.9. The molecule has 0 N–H and O–H groups in total. The highest BCUT2D eigenvalue weighted by molar-refractivity contribution is 7.86. The maximum Gasteiger partial charge on any atom is 0.410 e. The number of hydrogen-bond donors (Lipinski definition) is 0. The van der Waals surface area contributed by atoms with Crippen LogP contribution in [0, 0.1) is 0 Å². The van der Waals surface area contributed by atoms with Gasteiger partial charge in [-0.1, -0.05) is 30.3 Å². The number of rotatable bonds is 6. The molecule has 1 aliphatic heterocycles. The molecule has 1 amide bonds. The molecule has 1 saturated heterocycles. The highest BCUT2D eigenvalue weighted by atomic mass is 32.2. The third-order valence-corrected chi connectivity index (χ3v) is 4.37. The lowest BCUT2D eigenvalue weighted by Crippen LogP contribution is -2.44. The molecule has 1 unspecified atom stereocenters. The minimum atomic E-state index is -3.68. The van der Waals surface area contributed by atoms with Crippen LogP contribution in [0.5, 0.6) is 0 Å². The first-order chi connectivity index (χ1) is 13.0. The summed E-state index contributed by atoms with van der Waals surface area (Å²) < 4.78 is 44.9. The van der Waals surface area contributed by atoms with Gasteiger partial charge in [0.15, 0.2) is 0 Å². The second kappa shape index (κ2) is 9.69. The molecule has 1 aliphatic rings. The fourth-order valence-electron chi connectivity index (χ4n) is 2.68. The quantitative estimate of drug-likeness (QED) is 0.658. The van der Waals surface area contributed by atoms with E-state index in [-0.39, 0.29) is 26.3 Å². The van der Waals surface area contributed by atoms with E-state index in [2.05, 4.69) is 0 Å². The second-order valence-electron chi connectivity index (χ2n) is 7.76. The SMILES string of the molecule is CC(C)(C)OC(=O)N1CC(OS(C)(=O)=O)CO[C@H](COCc2ccccc2)C1. The van der Waals surface area contributed by atoms with Crippen LogP contribution in [0.25, 0.3) is 0 Å². The molecule has 0 spiro atoms. The summed E-state index contributed by atoms with van der Waals surface area (Å²) >= 11 is 0. The summed E-state index contributed by atoms with van der Waals surface area (Å²) in [6.45, 7) is 6.27. The normalized spacial score (nSPS) is 21.2. The van der Waals surface area contributed by atoms with Crippen molar-refractivity contribution in [2.45, 2.75) is 45.2 Å². The van der Waals surface area contributed by atoms with Crippen molar-refractivity contribution in [1.82, 2.24) is 4.90 Å². The number of carbonyl (C=O) groups excluding carboxylic acids is 1. The number of hydrogen-bond acceptors (Lipinski definition) is 7. The van der Waals surface area contributed by atoms with Gasteiger partial charge in [-0.3, -0.25) is 4.18 Å². The van der Waals surface area contributed by atoms with Gasteiger partial charge in [0.05, 0.1) is 45.3 Å². The fourth-order valence-corrected chi connectivity index (χ4v) is 3.29. The Bertz CT molecular complexity index is 730. The molecule has 2 rings (SSSR count). The Morgan fingerprint density at radius 1 is 1.21 bits per heavy atom. The number of carbonyl (C=O) groups is 1. The van der Waals surface area contributed by atoms with E-state index in [1.165, 1.54) is 4.90 Å². The zero-order valence-corrected chi connectivity index (χ0v) is 17.6. The minimum absolute atomic E-state index is 0.0335. The van der Waals surface area contributed by atoms with Crippen LogP contribution in [0.2, 0.25) is 0 Å². The van der Waals surface area contributed by atoms with Crippen LogP contribution < -0.4 is 0 Å². The summed E-state index contributed by atoms with van der Waals surface area (Å²) in [6.07, 6.45) is -0.810. The predicted molar refractivity (Wildman–Crippen MR) is 103 cm³/mol. The fraction of sp³-hybridized carbons (Fsp3) is 0.632. The van der Waals surface area contributed by atoms with Crippen LogP contribution in [0.1, 0.15) is 26.3 Å². The van der Waals surface area contributed by atoms with E-state index in [4.69, 9.17) is 18.4 Å². The second-order valence-corrected chi connectivity index (χ2v) is 9.36. The highest BCUT2D eigenvalue weighted by Crippen LogP contribution is 2.16. The molecule has 1 aromatic carbocycles. The van der Waals surface area contributed by atoms with Gasteiger partial charge < -0.3 is 19.1 Å². The van der Waals surface area contributed by atoms with E-state index in [9.17, 15) is 13.2 Å². The summed E-state index contributed by atoms with van der Waals surface area (Å²) in [5, 5.41) is 0. The van der Waals surface area contributed by atoms with E-state index in [0.29, 0.717) is 6.61 Å². The van der Waals surface area contributed by atoms with Gasteiger partial charge in [-0.15, -0.1) is 0 Å². The first kappa shape index (κ1) is 22.6. The van der Waals surface area contributed by atoms with Crippen molar-refractivity contribution in [2.75, 3.05) is 32.6 Å². The van der Waals surface area contributed by atoms with Crippen LogP contribution in [0.3, 0.4) is 0 Å². The van der Waals surface area contributed by atoms with E-state index in [1.807, 2.05) is 30.3 Å². The summed E-state index contributed by atoms with van der Waals surface area (Å²) in [5.74, 6) is 0. The highest BCUT2D eigenvalue weighted by Gasteiger charge is 2.32. The summed E-state index contributed by atoms with van der Waals surface area (Å²) in [6, 6.07) is 9.70. The van der Waals surface area contributed by atoms with Gasteiger partial charge in [0.25, 0.3) is 10.1 Å². The molecule has 9 heteroatoms. The molecule has 1 fully saturated rings. The molecule has 0 aliphatic carbocycles. The first-order valence-electron chi connectivity index (χ1n) is 9.11. The van der Waals surface area contributed by atoms with Crippen LogP contribution in [-0.2, 0) is 35.1 Å². The monoisotopic (exact) mass is 415 g/mol. The van der Waals surface area contributed by atoms with E-state index in [1.54, 1.807) is 20.8 Å². The van der Waals surface area contributed by atoms with Crippen LogP contribution in [-0.4, -0.2) is 69.8 Å². The van der Waals surface area contributed by atoms with Crippen LogP contribution in [0.4, 0.5) is 4.79 Å². The molecule has 0 radical (unpaired) electrons. The van der Waals surface area contributed by atoms with Crippen molar-refractivity contribution < 1.29 is 31.6 Å². The molecular weight excluding hydrogens is 386 g/mol. The summed E-state index contributed by atoms with van der Waals surface area (Å²) in [5.41, 5.74) is 0.356. The van der Waals surface area contributed by atoms with Crippen LogP contribution in [0.15, 0.2) is 30.3 Å². The summed E-state index contributed by atoms with van der Waals surface area (Å²) in [7, 11) is -3.68. The predicted octanol–water partition coefficient (Wildman–Crippen LogP) is 2.18. The van der Waals surface area contributed by atoms with Crippen molar-refractivity contribution in [1.29, 1.82) is 0 Å². The lowest BCUT2D eigenvalue weighted by Gasteiger charge is -2.28. The molecule has 8 nitrogen and oxygen atoms in total. The number of benzene rings is 1. The smallest absolute Gasteiger partial charge is 0.410 e. The van der Waals surface area contributed by atoms with Gasteiger partial charge >= 0.3 is 6.09 Å². The minimum Gasteiger partial charge on any atom is -0.444 e. The number of amides is 1. The van der Waals surface area contributed by atoms with Crippen molar-refractivity contribution in [3.8, 4) is 0 Å². The third-order valence-electron chi connectivity index (χ3n) is 3.74. The lowest BCUT2D eigenvalue weighted by atomic mass is 10.2. The molecule has 0 saturated carbocycles. The van der Waals surface area contributed by atoms with E-state index < -0.39 is 34.0 Å². The van der Waals surface area contributed by atoms with Gasteiger partial charge in [-0.25, -0.2) is 4.79 Å². The zero-order valence-electron chi connectivity index (χ0n) is 16.8. The molecule has 0 aromatic heterocycles. The Balaban J connectivity index is 2.00. The van der Waals surface area contributed by atoms with Crippen molar-refractivity contribution in [3.05, 3.63) is 35.9 Å². The molecule has 1 aromatic rings. The molecule has 28 heavy (non-hydrogen) atoms. The molecule has 2 atom stereocenters. The van der Waals surface area contributed by atoms with Crippen LogP contribution >= 0.6 is 0 Å². The standard InChI is InChI=1S/C19H29NO7S/c1-19(2,3)26-18(21)20-10-16(13-24-12-15-8-6-5-7-9-15)25-14-17(11-20)27-28(4,22)23/h5-9,16-17H,10-14H2,1-4H3/t16-,17?/m0/s1. The van der Waals surface area contributed by atoms with Crippen molar-refractivity contribution >= 4 is 16.2 Å². The molecule has 0 bridgehead atoms.